The predicted octanol–water partition coefficient (Wildman–Crippen LogP) is -0.570. The molecule has 2 aromatic heterocycles. The van der Waals surface area contributed by atoms with E-state index in [0.29, 0.717) is 29.1 Å². The Kier molecular flexibility index (Phi) is 6.90. The van der Waals surface area contributed by atoms with Crippen LogP contribution in [-0.4, -0.2) is 77.7 Å². The molecule has 1 saturated heterocycles. The van der Waals surface area contributed by atoms with Gasteiger partial charge in [-0.05, 0) is 26.0 Å². The molecule has 0 saturated carbocycles. The largest absolute Gasteiger partial charge is 0.462 e. The van der Waals surface area contributed by atoms with Crippen LogP contribution >= 0.6 is 11.8 Å². The maximum absolute atomic E-state index is 11.7. The van der Waals surface area contributed by atoms with Crippen molar-refractivity contribution in [2.24, 2.45) is 5.73 Å². The minimum Gasteiger partial charge on any atom is -0.462 e. The second kappa shape index (κ2) is 9.22. The summed E-state index contributed by atoms with van der Waals surface area (Å²) in [5, 5.41) is 20.8. The first-order valence-electron chi connectivity index (χ1n) is 9.28. The quantitative estimate of drug-likeness (QED) is 0.314. The molecule has 3 rings (SSSR count). The van der Waals surface area contributed by atoms with Crippen molar-refractivity contribution in [3.8, 4) is 0 Å². The first kappa shape index (κ1) is 21.7. The van der Waals surface area contributed by atoms with E-state index < -0.39 is 36.6 Å². The van der Waals surface area contributed by atoms with Gasteiger partial charge >= 0.3 is 5.97 Å². The fourth-order valence-corrected chi connectivity index (χ4v) is 4.10. The number of anilines is 1. The Morgan fingerprint density at radius 2 is 2.10 bits per heavy atom. The van der Waals surface area contributed by atoms with Crippen LogP contribution in [0.3, 0.4) is 0 Å². The van der Waals surface area contributed by atoms with Gasteiger partial charge in [-0.3, -0.25) is 9.36 Å². The van der Waals surface area contributed by atoms with E-state index in [1.807, 2.05) is 0 Å². The summed E-state index contributed by atoms with van der Waals surface area (Å²) in [7, 11) is 0. The molecule has 160 valence electrons. The molecule has 0 aromatic carbocycles. The van der Waals surface area contributed by atoms with Crippen LogP contribution < -0.4 is 11.5 Å². The number of rotatable bonds is 8. The highest BCUT2D eigenvalue weighted by atomic mass is 32.2. The fourth-order valence-electron chi connectivity index (χ4n) is 3.00. The van der Waals surface area contributed by atoms with Gasteiger partial charge in [-0.2, -0.15) is 11.8 Å². The molecule has 0 aliphatic carbocycles. The highest BCUT2D eigenvalue weighted by Gasteiger charge is 2.44. The molecule has 2 aromatic rings. The van der Waals surface area contributed by atoms with Gasteiger partial charge in [0, 0.05) is 5.75 Å². The second-order valence-electron chi connectivity index (χ2n) is 7.08. The standard InChI is InChI=1S/C17H26N6O5S/c1-8(2)27-17(26)9(18)3-4-29-5-10-12(24)13(25)16(28-10)23-7-22-11-14(19)20-6-21-15(11)23/h6-10,12-13,16,24-25H,3-5,18H2,1-2H3,(H2,19,20,21)/t9-,10+,12+,13+,16+/m0/s1. The number of nitrogens with zero attached hydrogens (tertiary/aromatic N) is 4. The third kappa shape index (κ3) is 4.78. The maximum atomic E-state index is 11.7. The minimum atomic E-state index is -1.16. The Labute approximate surface area is 171 Å². The molecular weight excluding hydrogens is 400 g/mol. The fraction of sp³-hybridized carbons (Fsp3) is 0.647. The molecule has 0 unspecified atom stereocenters. The van der Waals surface area contributed by atoms with Gasteiger partial charge in [-0.1, -0.05) is 0 Å². The number of aliphatic hydroxyl groups is 2. The molecule has 0 bridgehead atoms. The van der Waals surface area contributed by atoms with Crippen LogP contribution in [0, 0.1) is 0 Å². The lowest BCUT2D eigenvalue weighted by molar-refractivity contribution is -0.149. The molecule has 12 heteroatoms. The monoisotopic (exact) mass is 426 g/mol. The Bertz CT molecular complexity index is 849. The number of hydrogen-bond donors (Lipinski definition) is 4. The van der Waals surface area contributed by atoms with Crippen molar-refractivity contribution in [2.45, 2.75) is 57.0 Å². The van der Waals surface area contributed by atoms with E-state index in [-0.39, 0.29) is 11.9 Å². The highest BCUT2D eigenvalue weighted by molar-refractivity contribution is 7.99. The van der Waals surface area contributed by atoms with E-state index in [1.165, 1.54) is 29.0 Å². The third-order valence-electron chi connectivity index (χ3n) is 4.51. The van der Waals surface area contributed by atoms with Gasteiger partial charge in [0.25, 0.3) is 0 Å². The summed E-state index contributed by atoms with van der Waals surface area (Å²) in [5.41, 5.74) is 12.4. The van der Waals surface area contributed by atoms with Gasteiger partial charge in [0.15, 0.2) is 17.7 Å². The first-order chi connectivity index (χ1) is 13.8. The lowest BCUT2D eigenvalue weighted by atomic mass is 10.1. The number of imidazole rings is 1. The lowest BCUT2D eigenvalue weighted by Gasteiger charge is -2.16. The SMILES string of the molecule is CC(C)OC(=O)[C@@H](N)CCSC[C@H]1O[C@@H](n2cnc3c(N)ncnc32)[C@H](O)[C@@H]1O. The summed E-state index contributed by atoms with van der Waals surface area (Å²) in [6.07, 6.45) is -0.705. The maximum Gasteiger partial charge on any atom is 0.323 e. The van der Waals surface area contributed by atoms with Crippen LogP contribution in [0.25, 0.3) is 11.2 Å². The summed E-state index contributed by atoms with van der Waals surface area (Å²) in [6.45, 7) is 3.54. The van der Waals surface area contributed by atoms with E-state index >= 15 is 0 Å². The second-order valence-corrected chi connectivity index (χ2v) is 8.23. The molecular formula is C17H26N6O5S. The van der Waals surface area contributed by atoms with Crippen LogP contribution in [0.15, 0.2) is 12.7 Å². The Morgan fingerprint density at radius 1 is 1.34 bits per heavy atom. The summed E-state index contributed by atoms with van der Waals surface area (Å²) < 4.78 is 12.5. The van der Waals surface area contributed by atoms with Crippen molar-refractivity contribution in [3.63, 3.8) is 0 Å². The zero-order valence-corrected chi connectivity index (χ0v) is 17.0. The topological polar surface area (TPSA) is 172 Å². The van der Waals surface area contributed by atoms with Crippen LogP contribution in [0.4, 0.5) is 5.82 Å². The van der Waals surface area contributed by atoms with Gasteiger partial charge in [-0.25, -0.2) is 15.0 Å². The highest BCUT2D eigenvalue weighted by Crippen LogP contribution is 2.33. The normalized spacial score (nSPS) is 25.6. The van der Waals surface area contributed by atoms with Crippen molar-refractivity contribution < 1.29 is 24.5 Å². The van der Waals surface area contributed by atoms with Gasteiger partial charge < -0.3 is 31.2 Å². The predicted molar refractivity (Wildman–Crippen MR) is 107 cm³/mol. The number of aliphatic hydroxyl groups excluding tert-OH is 2. The van der Waals surface area contributed by atoms with Gasteiger partial charge in [0.1, 0.15) is 30.1 Å². The minimum absolute atomic E-state index is 0.207. The number of esters is 1. The van der Waals surface area contributed by atoms with Crippen LogP contribution in [-0.2, 0) is 14.3 Å². The number of nitrogen functional groups attached to an aromatic ring is 1. The summed E-state index contributed by atoms with van der Waals surface area (Å²) >= 11 is 1.47. The molecule has 1 fully saturated rings. The number of ether oxygens (including phenoxy) is 2. The van der Waals surface area contributed by atoms with Gasteiger partial charge in [0.05, 0.1) is 18.5 Å². The van der Waals surface area contributed by atoms with Crippen molar-refractivity contribution in [1.29, 1.82) is 0 Å². The van der Waals surface area contributed by atoms with E-state index in [4.69, 9.17) is 20.9 Å². The summed E-state index contributed by atoms with van der Waals surface area (Å²) in [4.78, 5) is 23.9. The number of fused-ring (bicyclic) bond motifs is 1. The molecule has 29 heavy (non-hydrogen) atoms. The van der Waals surface area contributed by atoms with Crippen molar-refractivity contribution in [1.82, 2.24) is 19.5 Å². The van der Waals surface area contributed by atoms with Gasteiger partial charge in [0.2, 0.25) is 0 Å². The van der Waals surface area contributed by atoms with Crippen LogP contribution in [0.2, 0.25) is 0 Å². The molecule has 0 amide bonds. The number of carbonyl (C=O) groups excluding carboxylic acids is 1. The molecule has 11 nitrogen and oxygen atoms in total. The smallest absolute Gasteiger partial charge is 0.323 e. The molecule has 5 atom stereocenters. The van der Waals surface area contributed by atoms with Crippen LogP contribution in [0.5, 0.6) is 0 Å². The van der Waals surface area contributed by atoms with E-state index in [0.717, 1.165) is 0 Å². The molecule has 0 spiro atoms. The van der Waals surface area contributed by atoms with E-state index in [2.05, 4.69) is 15.0 Å². The molecule has 1 aliphatic rings. The van der Waals surface area contributed by atoms with Gasteiger partial charge in [-0.15, -0.1) is 0 Å². The zero-order valence-electron chi connectivity index (χ0n) is 16.2. The molecule has 1 aliphatic heterocycles. The number of thioether (sulfide) groups is 1. The molecule has 0 radical (unpaired) electrons. The van der Waals surface area contributed by atoms with Crippen molar-refractivity contribution in [3.05, 3.63) is 12.7 Å². The average Bonchev–Trinajstić information content (AvgIpc) is 3.21. The lowest BCUT2D eigenvalue weighted by Crippen LogP contribution is -2.35. The summed E-state index contributed by atoms with van der Waals surface area (Å²) in [5.74, 6) is 0.798. The molecule has 3 heterocycles. The van der Waals surface area contributed by atoms with Crippen molar-refractivity contribution >= 4 is 34.7 Å². The first-order valence-corrected chi connectivity index (χ1v) is 10.4. The Balaban J connectivity index is 1.55. The number of aromatic nitrogens is 4. The third-order valence-corrected chi connectivity index (χ3v) is 5.60. The number of nitrogens with two attached hydrogens (primary N) is 2. The molecule has 6 N–H and O–H groups in total. The zero-order chi connectivity index (χ0) is 21.1. The van der Waals surface area contributed by atoms with E-state index in [1.54, 1.807) is 13.8 Å². The Hall–Kier alpha value is -1.99. The van der Waals surface area contributed by atoms with E-state index in [9.17, 15) is 15.0 Å². The van der Waals surface area contributed by atoms with Crippen LogP contribution in [0.1, 0.15) is 26.5 Å². The number of carbonyl (C=O) groups is 1. The number of hydrogen-bond acceptors (Lipinski definition) is 11. The Morgan fingerprint density at radius 3 is 2.83 bits per heavy atom. The summed E-state index contributed by atoms with van der Waals surface area (Å²) in [6, 6.07) is -0.694. The van der Waals surface area contributed by atoms with Crippen molar-refractivity contribution in [2.75, 3.05) is 17.2 Å². The average molecular weight is 426 g/mol.